The zero-order valence-corrected chi connectivity index (χ0v) is 53.2. The van der Waals surface area contributed by atoms with Gasteiger partial charge in [0, 0.05) is 94.6 Å². The van der Waals surface area contributed by atoms with Crippen LogP contribution in [-0.2, 0) is 63.9 Å². The number of amides is 8. The standard InChI is InChI=1S/C65H95N7O17/c1-10-50(75)44(7)60-52(87-60)36-41(4)16-14-17-42(5)59-43(6)20-25-53(86-45(8)73)65(9,29-28-49(74)38-57(80)88-59)89-64(84)71-34-32-70(33-35-71)63(83)85-39-46-21-23-48(24-22-46)68-61(81)47(18-15-30-67-62(66)82)37-51(76)58(40(2)3)69-54(77)19-12-11-13-31-72-55(78)26-27-56(72)79/h14,16-17,20-27,40-41,43-44,47,49-50,52-53,58-60,74-75H,10-13,15,18-19,28-39H2,1-9H3,(H,68,81)(H,69,77)(H3,66,67,82)/b16-14+,25-20+,42-17+/t41-,43+,44-,47-,49-,50+,52-,53+,58+,59-,60-,65-/m1/s1. The number of piperazine rings is 1. The van der Waals surface area contributed by atoms with E-state index in [1.807, 2.05) is 45.9 Å². The molecule has 12 atom stereocenters. The molecule has 2 saturated heterocycles. The second-order valence-corrected chi connectivity index (χ2v) is 24.5. The number of esters is 2. The Labute approximate surface area is 522 Å². The number of rotatable bonds is 29. The number of cyclic esters (lactones) is 1. The molecule has 89 heavy (non-hydrogen) atoms. The minimum Gasteiger partial charge on any atom is -0.457 e. The molecule has 7 N–H and O–H groups in total. The number of ether oxygens (including phenoxy) is 5. The monoisotopic (exact) mass is 1250 g/mol. The minimum atomic E-state index is -1.51. The Morgan fingerprint density at radius 1 is 0.899 bits per heavy atom. The van der Waals surface area contributed by atoms with E-state index in [0.717, 1.165) is 16.9 Å². The lowest BCUT2D eigenvalue weighted by Crippen LogP contribution is -2.54. The molecule has 1 aromatic rings. The van der Waals surface area contributed by atoms with Crippen molar-refractivity contribution in [3.05, 3.63) is 77.9 Å². The second kappa shape index (κ2) is 35.1. The smallest absolute Gasteiger partial charge is 0.410 e. The molecular formula is C65H95N7O17. The number of anilines is 1. The number of nitrogens with one attached hydrogen (secondary N) is 3. The third-order valence-corrected chi connectivity index (χ3v) is 16.7. The number of hydrogen-bond donors (Lipinski definition) is 6. The van der Waals surface area contributed by atoms with Gasteiger partial charge in [-0.3, -0.25) is 38.5 Å². The number of carbonyl (C=O) groups excluding carboxylic acids is 10. The van der Waals surface area contributed by atoms with E-state index in [2.05, 4.69) is 22.9 Å². The van der Waals surface area contributed by atoms with Gasteiger partial charge >= 0.3 is 30.2 Å². The molecule has 2 fully saturated rings. The number of primary amides is 1. The number of aliphatic hydroxyl groups is 2. The Morgan fingerprint density at radius 3 is 2.19 bits per heavy atom. The fourth-order valence-electron chi connectivity index (χ4n) is 11.1. The third kappa shape index (κ3) is 23.5. The molecule has 5 rings (SSSR count). The van der Waals surface area contributed by atoms with Crippen molar-refractivity contribution in [3.8, 4) is 0 Å². The summed E-state index contributed by atoms with van der Waals surface area (Å²) in [7, 11) is 0. The number of allylic oxidation sites excluding steroid dienone is 3. The van der Waals surface area contributed by atoms with E-state index < -0.39 is 84.0 Å². The Kier molecular flexibility index (Phi) is 28.5. The first-order valence-corrected chi connectivity index (χ1v) is 31.3. The van der Waals surface area contributed by atoms with E-state index in [1.165, 1.54) is 28.9 Å². The van der Waals surface area contributed by atoms with Gasteiger partial charge in [-0.05, 0) is 106 Å². The summed E-state index contributed by atoms with van der Waals surface area (Å²) < 4.78 is 29.4. The molecule has 0 aromatic heterocycles. The molecule has 0 bridgehead atoms. The topological polar surface area (TPSA) is 332 Å². The van der Waals surface area contributed by atoms with Crippen molar-refractivity contribution in [3.63, 3.8) is 0 Å². The van der Waals surface area contributed by atoms with Gasteiger partial charge in [-0.1, -0.05) is 84.4 Å². The number of urea groups is 1. The molecule has 0 unspecified atom stereocenters. The molecule has 492 valence electrons. The summed E-state index contributed by atoms with van der Waals surface area (Å²) in [6.07, 6.45) is 10.0. The highest BCUT2D eigenvalue weighted by molar-refractivity contribution is 6.12. The number of nitrogens with two attached hydrogens (primary N) is 1. The van der Waals surface area contributed by atoms with Gasteiger partial charge in [0.05, 0.1) is 36.9 Å². The van der Waals surface area contributed by atoms with Crippen LogP contribution in [0.2, 0.25) is 0 Å². The van der Waals surface area contributed by atoms with Crippen LogP contribution < -0.4 is 21.7 Å². The lowest BCUT2D eigenvalue weighted by Gasteiger charge is -2.39. The van der Waals surface area contributed by atoms with Crippen molar-refractivity contribution >= 4 is 65.3 Å². The summed E-state index contributed by atoms with van der Waals surface area (Å²) in [6.45, 7) is 16.8. The third-order valence-electron chi connectivity index (χ3n) is 16.7. The van der Waals surface area contributed by atoms with Crippen LogP contribution in [0.25, 0.3) is 0 Å². The van der Waals surface area contributed by atoms with Crippen LogP contribution in [0.1, 0.15) is 145 Å². The van der Waals surface area contributed by atoms with E-state index >= 15 is 0 Å². The van der Waals surface area contributed by atoms with Crippen LogP contribution in [0.15, 0.2) is 72.4 Å². The number of Topliss-reactive ketones (excluding diaryl/α,β-unsaturated/α-hetero) is 1. The van der Waals surface area contributed by atoms with Crippen molar-refractivity contribution in [1.29, 1.82) is 0 Å². The number of nitrogens with zero attached hydrogens (tertiary/aromatic N) is 3. The number of epoxide rings is 1. The molecule has 0 radical (unpaired) electrons. The van der Waals surface area contributed by atoms with Crippen LogP contribution in [0.4, 0.5) is 20.1 Å². The molecule has 24 heteroatoms. The number of unbranched alkanes of at least 4 members (excludes halogenated alkanes) is 2. The van der Waals surface area contributed by atoms with Crippen molar-refractivity contribution in [1.82, 2.24) is 25.3 Å². The molecule has 0 aliphatic carbocycles. The number of aliphatic hydroxyl groups excluding tert-OH is 2. The normalized spacial score (nSPS) is 24.5. The van der Waals surface area contributed by atoms with E-state index in [0.29, 0.717) is 43.4 Å². The summed E-state index contributed by atoms with van der Waals surface area (Å²) >= 11 is 0. The Balaban J connectivity index is 1.12. The number of ketones is 1. The van der Waals surface area contributed by atoms with Gasteiger partial charge in [-0.2, -0.15) is 0 Å². The summed E-state index contributed by atoms with van der Waals surface area (Å²) in [5.74, 6) is -4.51. The van der Waals surface area contributed by atoms with Gasteiger partial charge in [-0.25, -0.2) is 14.4 Å². The van der Waals surface area contributed by atoms with Gasteiger partial charge in [0.25, 0.3) is 11.8 Å². The van der Waals surface area contributed by atoms with Crippen LogP contribution in [0.3, 0.4) is 0 Å². The van der Waals surface area contributed by atoms with Crippen molar-refractivity contribution in [2.75, 3.05) is 44.6 Å². The zero-order chi connectivity index (χ0) is 65.5. The molecule has 0 saturated carbocycles. The van der Waals surface area contributed by atoms with Gasteiger partial charge in [0.15, 0.2) is 17.5 Å². The molecule has 4 aliphatic rings. The first-order valence-electron chi connectivity index (χ1n) is 31.3. The lowest BCUT2D eigenvalue weighted by molar-refractivity contribution is -0.158. The lowest BCUT2D eigenvalue weighted by atomic mass is 9.88. The van der Waals surface area contributed by atoms with Gasteiger partial charge < -0.3 is 65.4 Å². The summed E-state index contributed by atoms with van der Waals surface area (Å²) in [6, 6.07) is 4.95. The van der Waals surface area contributed by atoms with Gasteiger partial charge in [0.1, 0.15) is 12.7 Å². The number of imide groups is 1. The van der Waals surface area contributed by atoms with Gasteiger partial charge in [0.2, 0.25) is 11.8 Å². The molecule has 24 nitrogen and oxygen atoms in total. The SMILES string of the molecule is CC[C@H](O)[C@@H](C)[C@H]1O[C@@H]1C[C@H](C)/C=C/C=C(\C)[C@H]1OC(=O)C[C@H](O)CC[C@@](C)(OC(=O)N2CCN(C(=O)OCc3ccc(NC(=O)[C@H](CCCNC(N)=O)CC(=O)[C@@H](NC(=O)CCCCCN4C(=O)C=CC4=O)C(C)C)cc3)CC2)[C@@H](OC(C)=O)/C=C/[C@@H]1C. The highest BCUT2D eigenvalue weighted by Gasteiger charge is 2.45. The van der Waals surface area contributed by atoms with Crippen LogP contribution >= 0.6 is 0 Å². The number of hydrogen-bond acceptors (Lipinski definition) is 17. The first-order chi connectivity index (χ1) is 42.2. The Hall–Kier alpha value is -7.44. The molecule has 4 aliphatic heterocycles. The average Bonchev–Trinajstić information content (AvgIpc) is 3.11. The maximum Gasteiger partial charge on any atom is 0.410 e. The van der Waals surface area contributed by atoms with Crippen LogP contribution in [-0.4, -0.2) is 172 Å². The van der Waals surface area contributed by atoms with Crippen molar-refractivity contribution < 1.29 is 81.8 Å². The summed E-state index contributed by atoms with van der Waals surface area (Å²) in [5.41, 5.74) is 5.45. The molecule has 0 spiro atoms. The Bertz CT molecular complexity index is 2720. The van der Waals surface area contributed by atoms with E-state index in [4.69, 9.17) is 29.4 Å². The summed E-state index contributed by atoms with van der Waals surface area (Å²) in [4.78, 5) is 133. The molecule has 4 heterocycles. The number of benzene rings is 1. The van der Waals surface area contributed by atoms with Gasteiger partial charge in [-0.15, -0.1) is 0 Å². The second-order valence-electron chi connectivity index (χ2n) is 24.5. The molecule has 8 amide bonds. The van der Waals surface area contributed by atoms with E-state index in [1.54, 1.807) is 57.2 Å². The first kappa shape index (κ1) is 72.3. The fourth-order valence-corrected chi connectivity index (χ4v) is 11.1. The van der Waals surface area contributed by atoms with Crippen LogP contribution in [0, 0.1) is 29.6 Å². The average molecular weight is 1250 g/mol. The highest BCUT2D eigenvalue weighted by Crippen LogP contribution is 2.37. The predicted octanol–water partition coefficient (Wildman–Crippen LogP) is 6.71. The number of carbonyl (C=O) groups is 10. The maximum atomic E-state index is 14.0. The maximum absolute atomic E-state index is 14.0. The highest BCUT2D eigenvalue weighted by atomic mass is 16.6. The molecule has 1 aromatic carbocycles. The molecular weight excluding hydrogens is 1150 g/mol. The van der Waals surface area contributed by atoms with Crippen molar-refractivity contribution in [2.24, 2.45) is 35.3 Å². The summed E-state index contributed by atoms with van der Waals surface area (Å²) in [5, 5.41) is 29.5. The van der Waals surface area contributed by atoms with Crippen molar-refractivity contribution in [2.45, 2.75) is 194 Å². The predicted molar refractivity (Wildman–Crippen MR) is 329 cm³/mol. The van der Waals surface area contributed by atoms with E-state index in [-0.39, 0.29) is 138 Å². The van der Waals surface area contributed by atoms with Crippen LogP contribution in [0.5, 0.6) is 0 Å². The Morgan fingerprint density at radius 2 is 1.56 bits per heavy atom. The largest absolute Gasteiger partial charge is 0.457 e. The van der Waals surface area contributed by atoms with E-state index in [9.17, 15) is 58.2 Å². The fraction of sp³-hybridized carbons (Fsp3) is 0.631. The minimum absolute atomic E-state index is 0.0000606. The quantitative estimate of drug-likeness (QED) is 0.00923. The zero-order valence-electron chi connectivity index (χ0n) is 53.2.